The minimum Gasteiger partial charge on any atom is -0.394 e. The van der Waals surface area contributed by atoms with Gasteiger partial charge in [-0.2, -0.15) is 0 Å². The number of hydroxylamine groups is 1. The first-order valence-electron chi connectivity index (χ1n) is 2.86. The Morgan fingerprint density at radius 2 is 1.90 bits per heavy atom. The van der Waals surface area contributed by atoms with Crippen molar-refractivity contribution in [3.05, 3.63) is 24.6 Å². The maximum Gasteiger partial charge on any atom is 0.119 e. The highest BCUT2D eigenvalue weighted by molar-refractivity contribution is 5.00. The van der Waals surface area contributed by atoms with Gasteiger partial charge in [0.25, 0.3) is 0 Å². The molecule has 1 rings (SSSR count). The minimum atomic E-state index is -0.125. The lowest BCUT2D eigenvalue weighted by atomic mass is 10.6. The van der Waals surface area contributed by atoms with Crippen LogP contribution in [0.3, 0.4) is 0 Å². The molecule has 0 unspecified atom stereocenters. The number of aliphatic hydroxyl groups is 2. The van der Waals surface area contributed by atoms with Crippen LogP contribution in [0.15, 0.2) is 24.6 Å². The predicted molar refractivity (Wildman–Crippen MR) is 36.7 cm³/mol. The molecule has 0 spiro atoms. The Hall–Kier alpha value is -1.00. The molecule has 0 aromatic heterocycles. The molecule has 4 nitrogen and oxygen atoms in total. The first-order valence-corrected chi connectivity index (χ1v) is 2.86. The van der Waals surface area contributed by atoms with E-state index in [-0.39, 0.29) is 13.2 Å². The van der Waals surface area contributed by atoms with E-state index in [1.807, 2.05) is 6.08 Å². The fourth-order valence-electron chi connectivity index (χ4n) is 0.258. The fourth-order valence-corrected chi connectivity index (χ4v) is 0.258. The zero-order valence-corrected chi connectivity index (χ0v) is 5.53. The summed E-state index contributed by atoms with van der Waals surface area (Å²) in [5, 5.41) is 15.2. The molecule has 0 atom stereocenters. The molecule has 1 aliphatic heterocycles. The van der Waals surface area contributed by atoms with Crippen LogP contribution in [0.5, 0.6) is 0 Å². The number of nitrogens with one attached hydrogen (secondary N) is 1. The SMILES string of the molecule is C1=CNOC=C1.OCCO. The summed E-state index contributed by atoms with van der Waals surface area (Å²) in [5.74, 6) is 0. The first-order chi connectivity index (χ1) is 4.91. The van der Waals surface area contributed by atoms with Gasteiger partial charge in [0.05, 0.1) is 13.2 Å². The highest BCUT2D eigenvalue weighted by atomic mass is 16.6. The van der Waals surface area contributed by atoms with E-state index < -0.39 is 0 Å². The minimum absolute atomic E-state index is 0.125. The van der Waals surface area contributed by atoms with Crippen LogP contribution in [0.2, 0.25) is 0 Å². The van der Waals surface area contributed by atoms with Crippen LogP contribution in [-0.2, 0) is 4.84 Å². The quantitative estimate of drug-likeness (QED) is 0.466. The first kappa shape index (κ1) is 9.00. The maximum atomic E-state index is 7.62. The van der Waals surface area contributed by atoms with Crippen molar-refractivity contribution in [2.45, 2.75) is 0 Å². The van der Waals surface area contributed by atoms with Crippen molar-refractivity contribution in [2.24, 2.45) is 0 Å². The zero-order chi connectivity index (χ0) is 7.66. The highest BCUT2D eigenvalue weighted by Crippen LogP contribution is 1.80. The lowest BCUT2D eigenvalue weighted by molar-refractivity contribution is 0.172. The summed E-state index contributed by atoms with van der Waals surface area (Å²) in [5.41, 5.74) is 2.52. The molecule has 0 radical (unpaired) electrons. The summed E-state index contributed by atoms with van der Waals surface area (Å²) >= 11 is 0. The van der Waals surface area contributed by atoms with Gasteiger partial charge in [-0.1, -0.05) is 0 Å². The highest BCUT2D eigenvalue weighted by Gasteiger charge is 1.72. The Bertz CT molecular complexity index is 97.6. The molecule has 58 valence electrons. The van der Waals surface area contributed by atoms with Gasteiger partial charge < -0.3 is 15.1 Å². The average molecular weight is 145 g/mol. The number of hydrogen-bond donors (Lipinski definition) is 3. The summed E-state index contributed by atoms with van der Waals surface area (Å²) < 4.78 is 0. The van der Waals surface area contributed by atoms with E-state index >= 15 is 0 Å². The van der Waals surface area contributed by atoms with E-state index in [0.717, 1.165) is 0 Å². The maximum absolute atomic E-state index is 7.62. The van der Waals surface area contributed by atoms with Gasteiger partial charge in [0.1, 0.15) is 6.26 Å². The third-order valence-electron chi connectivity index (χ3n) is 0.590. The molecule has 4 heteroatoms. The van der Waals surface area contributed by atoms with Crippen molar-refractivity contribution in [3.63, 3.8) is 0 Å². The number of hydrogen-bond acceptors (Lipinski definition) is 4. The molecule has 0 amide bonds. The third kappa shape index (κ3) is 7.00. The van der Waals surface area contributed by atoms with Crippen molar-refractivity contribution >= 4 is 0 Å². The number of allylic oxidation sites excluding steroid dienone is 2. The van der Waals surface area contributed by atoms with E-state index in [1.54, 1.807) is 18.5 Å². The Kier molecular flexibility index (Phi) is 7.20. The van der Waals surface area contributed by atoms with Gasteiger partial charge in [-0.15, -0.1) is 0 Å². The van der Waals surface area contributed by atoms with Gasteiger partial charge in [-0.05, 0) is 12.2 Å². The van der Waals surface area contributed by atoms with Gasteiger partial charge in [0.15, 0.2) is 0 Å². The molecule has 0 fully saturated rings. The molecule has 1 aliphatic rings. The number of rotatable bonds is 1. The third-order valence-corrected chi connectivity index (χ3v) is 0.590. The Labute approximate surface area is 59.4 Å². The van der Waals surface area contributed by atoms with Crippen LogP contribution in [0.1, 0.15) is 0 Å². The standard InChI is InChI=1S/C4H5NO.C2H6O2/c1-2-4-6-5-3-1;3-1-2-4/h1-5H;3-4H,1-2H2. The van der Waals surface area contributed by atoms with E-state index in [1.165, 1.54) is 0 Å². The van der Waals surface area contributed by atoms with E-state index in [2.05, 4.69) is 10.3 Å². The second-order valence-corrected chi connectivity index (χ2v) is 1.37. The van der Waals surface area contributed by atoms with Crippen LogP contribution in [0, 0.1) is 0 Å². The largest absolute Gasteiger partial charge is 0.394 e. The molecule has 10 heavy (non-hydrogen) atoms. The normalized spacial score (nSPS) is 12.6. The van der Waals surface area contributed by atoms with E-state index in [0.29, 0.717) is 0 Å². The van der Waals surface area contributed by atoms with Crippen molar-refractivity contribution in [1.82, 2.24) is 5.48 Å². The van der Waals surface area contributed by atoms with Gasteiger partial charge in [0, 0.05) is 6.20 Å². The van der Waals surface area contributed by atoms with E-state index in [9.17, 15) is 0 Å². The molecule has 3 N–H and O–H groups in total. The molecule has 1 heterocycles. The van der Waals surface area contributed by atoms with Gasteiger partial charge in [-0.3, -0.25) is 0 Å². The van der Waals surface area contributed by atoms with Gasteiger partial charge in [0.2, 0.25) is 0 Å². The van der Waals surface area contributed by atoms with Crippen LogP contribution in [-0.4, -0.2) is 23.4 Å². The van der Waals surface area contributed by atoms with Crippen LogP contribution < -0.4 is 5.48 Å². The van der Waals surface area contributed by atoms with Crippen molar-refractivity contribution in [3.8, 4) is 0 Å². The van der Waals surface area contributed by atoms with Gasteiger partial charge >= 0.3 is 0 Å². The lowest BCUT2D eigenvalue weighted by Gasteiger charge is -1.97. The predicted octanol–water partition coefficient (Wildman–Crippen LogP) is -0.480. The summed E-state index contributed by atoms with van der Waals surface area (Å²) in [4.78, 5) is 4.55. The average Bonchev–Trinajstić information content (AvgIpc) is 2.08. The van der Waals surface area contributed by atoms with Crippen molar-refractivity contribution < 1.29 is 15.1 Å². The number of aliphatic hydroxyl groups excluding tert-OH is 2. The Balaban J connectivity index is 0.000000180. The van der Waals surface area contributed by atoms with Crippen molar-refractivity contribution in [2.75, 3.05) is 13.2 Å². The molecule has 0 saturated heterocycles. The Morgan fingerprint density at radius 1 is 1.20 bits per heavy atom. The summed E-state index contributed by atoms with van der Waals surface area (Å²) in [6, 6.07) is 0. The zero-order valence-electron chi connectivity index (χ0n) is 5.53. The molecule has 0 aliphatic carbocycles. The lowest BCUT2D eigenvalue weighted by Crippen LogP contribution is -2.01. The molecular weight excluding hydrogens is 134 g/mol. The smallest absolute Gasteiger partial charge is 0.119 e. The van der Waals surface area contributed by atoms with Crippen LogP contribution in [0.4, 0.5) is 0 Å². The molecule has 0 aromatic carbocycles. The topological polar surface area (TPSA) is 61.7 Å². The van der Waals surface area contributed by atoms with E-state index in [4.69, 9.17) is 10.2 Å². The van der Waals surface area contributed by atoms with Crippen LogP contribution >= 0.6 is 0 Å². The van der Waals surface area contributed by atoms with Crippen LogP contribution in [0.25, 0.3) is 0 Å². The molecule has 0 bridgehead atoms. The summed E-state index contributed by atoms with van der Waals surface area (Å²) in [7, 11) is 0. The fraction of sp³-hybridized carbons (Fsp3) is 0.333. The van der Waals surface area contributed by atoms with Gasteiger partial charge in [-0.25, -0.2) is 5.48 Å². The van der Waals surface area contributed by atoms with Crippen molar-refractivity contribution in [1.29, 1.82) is 0 Å². The Morgan fingerprint density at radius 3 is 2.00 bits per heavy atom. The molecule has 0 aromatic rings. The molecule has 0 saturated carbocycles. The molecular formula is C6H11NO3. The monoisotopic (exact) mass is 145 g/mol. The summed E-state index contributed by atoms with van der Waals surface area (Å²) in [6.45, 7) is -0.250. The summed E-state index contributed by atoms with van der Waals surface area (Å²) in [6.07, 6.45) is 6.93. The second-order valence-electron chi connectivity index (χ2n) is 1.37. The second kappa shape index (κ2) is 8.00.